The van der Waals surface area contributed by atoms with Gasteiger partial charge in [0.15, 0.2) is 9.84 Å². The first kappa shape index (κ1) is 15.5. The van der Waals surface area contributed by atoms with Crippen LogP contribution in [-0.4, -0.2) is 26.6 Å². The molecule has 1 aliphatic carbocycles. The van der Waals surface area contributed by atoms with Crippen LogP contribution in [0.5, 0.6) is 0 Å². The van der Waals surface area contributed by atoms with Crippen molar-refractivity contribution < 1.29 is 13.2 Å². The second-order valence-electron chi connectivity index (χ2n) is 5.23. The lowest BCUT2D eigenvalue weighted by molar-refractivity contribution is 0.0927. The van der Waals surface area contributed by atoms with Gasteiger partial charge < -0.3 is 5.32 Å². The number of benzene rings is 1. The molecule has 0 heterocycles. The highest BCUT2D eigenvalue weighted by Crippen LogP contribution is 2.24. The van der Waals surface area contributed by atoms with Crippen molar-refractivity contribution in [3.63, 3.8) is 0 Å². The van der Waals surface area contributed by atoms with E-state index in [1.54, 1.807) is 12.1 Å². The smallest absolute Gasteiger partial charge is 0.251 e. The Labute approximate surface area is 128 Å². The molecule has 0 radical (unpaired) electrons. The predicted molar refractivity (Wildman–Crippen MR) is 81.6 cm³/mol. The molecule has 0 spiro atoms. The number of rotatable bonds is 3. The molecule has 0 unspecified atom stereocenters. The maximum Gasteiger partial charge on any atom is 0.251 e. The van der Waals surface area contributed by atoms with E-state index in [-0.39, 0.29) is 16.8 Å². The molecule has 0 aliphatic heterocycles. The van der Waals surface area contributed by atoms with Gasteiger partial charge in [-0.15, -0.1) is 0 Å². The topological polar surface area (TPSA) is 63.2 Å². The maximum absolute atomic E-state index is 12.1. The molecular weight excluding hydrogens is 342 g/mol. The van der Waals surface area contributed by atoms with E-state index in [1.165, 1.54) is 12.5 Å². The van der Waals surface area contributed by atoms with Gasteiger partial charge >= 0.3 is 0 Å². The number of amides is 1. The molecule has 110 valence electrons. The highest BCUT2D eigenvalue weighted by molar-refractivity contribution is 9.10. The number of hydrogen-bond donors (Lipinski definition) is 1. The van der Waals surface area contributed by atoms with Gasteiger partial charge in [-0.2, -0.15) is 0 Å². The summed E-state index contributed by atoms with van der Waals surface area (Å²) in [5.41, 5.74) is 0.481. The molecule has 1 amide bonds. The zero-order valence-electron chi connectivity index (χ0n) is 11.4. The van der Waals surface area contributed by atoms with E-state index in [9.17, 15) is 13.2 Å². The Morgan fingerprint density at radius 3 is 2.45 bits per heavy atom. The molecular formula is C14H18BrNO3S. The molecule has 20 heavy (non-hydrogen) atoms. The zero-order valence-corrected chi connectivity index (χ0v) is 13.8. The lowest BCUT2D eigenvalue weighted by Crippen LogP contribution is -2.36. The molecule has 1 aliphatic rings. The van der Waals surface area contributed by atoms with E-state index in [0.717, 1.165) is 31.9 Å². The maximum atomic E-state index is 12.1. The van der Waals surface area contributed by atoms with Gasteiger partial charge in [-0.3, -0.25) is 4.79 Å². The summed E-state index contributed by atoms with van der Waals surface area (Å²) in [4.78, 5) is 12.3. The van der Waals surface area contributed by atoms with Crippen molar-refractivity contribution in [2.45, 2.75) is 43.0 Å². The molecule has 1 aromatic carbocycles. The van der Waals surface area contributed by atoms with Crippen LogP contribution in [0.4, 0.5) is 0 Å². The van der Waals surface area contributed by atoms with Crippen LogP contribution in [0.3, 0.4) is 0 Å². The Kier molecular flexibility index (Phi) is 4.86. The number of nitrogens with one attached hydrogen (secondary N) is 1. The van der Waals surface area contributed by atoms with Crippen LogP contribution in [0.2, 0.25) is 0 Å². The summed E-state index contributed by atoms with van der Waals surface area (Å²) in [5, 5.41) is 3.01. The summed E-state index contributed by atoms with van der Waals surface area (Å²) in [6, 6.07) is 4.83. The molecule has 0 atom stereocenters. The van der Waals surface area contributed by atoms with Crippen LogP contribution >= 0.6 is 15.9 Å². The Bertz CT molecular complexity index is 607. The predicted octanol–water partition coefficient (Wildman–Crippen LogP) is 2.92. The van der Waals surface area contributed by atoms with Crippen LogP contribution < -0.4 is 5.32 Å². The van der Waals surface area contributed by atoms with Crippen molar-refractivity contribution in [2.75, 3.05) is 6.26 Å². The van der Waals surface area contributed by atoms with Crippen LogP contribution in [-0.2, 0) is 9.84 Å². The van der Waals surface area contributed by atoms with Gasteiger partial charge in [-0.1, -0.05) is 19.3 Å². The fraction of sp³-hybridized carbons (Fsp3) is 0.500. The number of hydrogen-bond acceptors (Lipinski definition) is 3. The highest BCUT2D eigenvalue weighted by atomic mass is 79.9. The molecule has 1 fully saturated rings. The SMILES string of the molecule is CS(=O)(=O)c1ccc(C(=O)NC2CCCCC2)cc1Br. The van der Waals surface area contributed by atoms with Crippen LogP contribution in [0.25, 0.3) is 0 Å². The second-order valence-corrected chi connectivity index (χ2v) is 8.06. The molecule has 0 saturated heterocycles. The summed E-state index contributed by atoms with van der Waals surface area (Å²) in [5.74, 6) is -0.141. The van der Waals surface area contributed by atoms with Crippen molar-refractivity contribution in [3.05, 3.63) is 28.2 Å². The van der Waals surface area contributed by atoms with Gasteiger partial charge in [0.1, 0.15) is 0 Å². The van der Waals surface area contributed by atoms with E-state index in [1.807, 2.05) is 0 Å². The van der Waals surface area contributed by atoms with Crippen LogP contribution in [0.15, 0.2) is 27.6 Å². The minimum atomic E-state index is -3.28. The third-order valence-corrected chi connectivity index (χ3v) is 5.61. The van der Waals surface area contributed by atoms with Crippen molar-refractivity contribution in [3.8, 4) is 0 Å². The highest BCUT2D eigenvalue weighted by Gasteiger charge is 2.18. The molecule has 0 aromatic heterocycles. The van der Waals surface area contributed by atoms with Gasteiger partial charge in [0.2, 0.25) is 0 Å². The van der Waals surface area contributed by atoms with E-state index < -0.39 is 9.84 Å². The molecule has 1 aromatic rings. The van der Waals surface area contributed by atoms with Gasteiger partial charge in [0, 0.05) is 22.3 Å². The van der Waals surface area contributed by atoms with Crippen LogP contribution in [0, 0.1) is 0 Å². The van der Waals surface area contributed by atoms with Crippen molar-refractivity contribution >= 4 is 31.7 Å². The lowest BCUT2D eigenvalue weighted by atomic mass is 9.95. The third kappa shape index (κ3) is 3.82. The number of halogens is 1. The summed E-state index contributed by atoms with van der Waals surface area (Å²) >= 11 is 3.22. The third-order valence-electron chi connectivity index (χ3n) is 3.53. The number of carbonyl (C=O) groups is 1. The molecule has 4 nitrogen and oxygen atoms in total. The summed E-state index contributed by atoms with van der Waals surface area (Å²) in [7, 11) is -3.28. The fourth-order valence-corrected chi connectivity index (χ4v) is 4.45. The first-order chi connectivity index (χ1) is 9.38. The van der Waals surface area contributed by atoms with E-state index >= 15 is 0 Å². The minimum absolute atomic E-state index is 0.141. The first-order valence-corrected chi connectivity index (χ1v) is 9.37. The Morgan fingerprint density at radius 2 is 1.90 bits per heavy atom. The lowest BCUT2D eigenvalue weighted by Gasteiger charge is -2.22. The largest absolute Gasteiger partial charge is 0.349 e. The van der Waals surface area contributed by atoms with Gasteiger partial charge in [-0.05, 0) is 47.0 Å². The molecule has 2 rings (SSSR count). The molecule has 0 bridgehead atoms. The molecule has 1 N–H and O–H groups in total. The quantitative estimate of drug-likeness (QED) is 0.902. The van der Waals surface area contributed by atoms with Crippen molar-refractivity contribution in [1.29, 1.82) is 0 Å². The van der Waals surface area contributed by atoms with Crippen LogP contribution in [0.1, 0.15) is 42.5 Å². The average Bonchev–Trinajstić information content (AvgIpc) is 2.38. The van der Waals surface area contributed by atoms with Gasteiger partial charge in [-0.25, -0.2) is 8.42 Å². The fourth-order valence-electron chi connectivity index (χ4n) is 2.46. The second kappa shape index (κ2) is 6.26. The van der Waals surface area contributed by atoms with E-state index in [4.69, 9.17) is 0 Å². The first-order valence-electron chi connectivity index (χ1n) is 6.68. The Balaban J connectivity index is 2.13. The van der Waals surface area contributed by atoms with E-state index in [2.05, 4.69) is 21.2 Å². The monoisotopic (exact) mass is 359 g/mol. The van der Waals surface area contributed by atoms with Crippen molar-refractivity contribution in [1.82, 2.24) is 5.32 Å². The summed E-state index contributed by atoms with van der Waals surface area (Å²) in [6.45, 7) is 0. The summed E-state index contributed by atoms with van der Waals surface area (Å²) in [6.07, 6.45) is 6.74. The summed E-state index contributed by atoms with van der Waals surface area (Å²) < 4.78 is 23.5. The minimum Gasteiger partial charge on any atom is -0.349 e. The Morgan fingerprint density at radius 1 is 1.25 bits per heavy atom. The number of carbonyl (C=O) groups excluding carboxylic acids is 1. The van der Waals surface area contributed by atoms with Gasteiger partial charge in [0.25, 0.3) is 5.91 Å². The van der Waals surface area contributed by atoms with Gasteiger partial charge in [0.05, 0.1) is 4.90 Å². The normalized spacial score (nSPS) is 16.9. The number of sulfone groups is 1. The Hall–Kier alpha value is -0.880. The molecule has 1 saturated carbocycles. The van der Waals surface area contributed by atoms with Crippen molar-refractivity contribution in [2.24, 2.45) is 0 Å². The average molecular weight is 360 g/mol. The zero-order chi connectivity index (χ0) is 14.8. The molecule has 6 heteroatoms. The standard InChI is InChI=1S/C14H18BrNO3S/c1-20(18,19)13-8-7-10(9-12(13)15)14(17)16-11-5-3-2-4-6-11/h7-9,11H,2-6H2,1H3,(H,16,17). The van der Waals surface area contributed by atoms with E-state index in [0.29, 0.717) is 10.0 Å².